The van der Waals surface area contributed by atoms with Gasteiger partial charge in [-0.1, -0.05) is 12.1 Å². The van der Waals surface area contributed by atoms with Crippen LogP contribution in [0.15, 0.2) is 24.3 Å². The molecule has 3 rings (SSSR count). The van der Waals surface area contributed by atoms with E-state index >= 15 is 0 Å². The first-order valence-corrected chi connectivity index (χ1v) is 6.82. The first kappa shape index (κ1) is 13.4. The van der Waals surface area contributed by atoms with Gasteiger partial charge in [0, 0.05) is 6.54 Å². The van der Waals surface area contributed by atoms with E-state index in [1.807, 2.05) is 29.2 Å². The third-order valence-electron chi connectivity index (χ3n) is 3.72. The number of rotatable bonds is 3. The summed E-state index contributed by atoms with van der Waals surface area (Å²) < 4.78 is 5.16. The van der Waals surface area contributed by atoms with Crippen molar-refractivity contribution in [1.82, 2.24) is 20.1 Å². The number of benzene rings is 1. The van der Waals surface area contributed by atoms with Gasteiger partial charge in [0.15, 0.2) is 0 Å². The van der Waals surface area contributed by atoms with Gasteiger partial charge in [0.1, 0.15) is 5.75 Å². The van der Waals surface area contributed by atoms with Crippen molar-refractivity contribution in [3.8, 4) is 5.75 Å². The number of hydrogen-bond acceptors (Lipinski definition) is 5. The smallest absolute Gasteiger partial charge is 0.291 e. The van der Waals surface area contributed by atoms with Crippen LogP contribution in [0, 0.1) is 0 Å². The Balaban J connectivity index is 1.83. The third kappa shape index (κ3) is 2.54. The molecule has 0 radical (unpaired) electrons. The quantitative estimate of drug-likeness (QED) is 0.888. The average Bonchev–Trinajstić information content (AvgIpc) is 3.15. The van der Waals surface area contributed by atoms with Gasteiger partial charge >= 0.3 is 0 Å². The van der Waals surface area contributed by atoms with E-state index in [2.05, 4.69) is 15.2 Å². The van der Waals surface area contributed by atoms with Crippen molar-refractivity contribution in [2.24, 2.45) is 0 Å². The van der Waals surface area contributed by atoms with Gasteiger partial charge in [-0.15, -0.1) is 5.10 Å². The number of carbonyl (C=O) groups excluding carboxylic acids is 1. The number of anilines is 1. The van der Waals surface area contributed by atoms with Crippen LogP contribution in [0.25, 0.3) is 0 Å². The first-order chi connectivity index (χ1) is 10.2. The highest BCUT2D eigenvalue weighted by Crippen LogP contribution is 2.33. The standard InChI is InChI=1S/C14H17N5O2/c1-21-10-6-4-9(5-7-10)11-3-2-8-19(11)13(20)12-16-14(15)18-17-12/h4-7,11H,2-3,8H2,1H3,(H3,15,16,17,18). The second-order valence-electron chi connectivity index (χ2n) is 4.97. The molecule has 0 aliphatic carbocycles. The molecule has 1 unspecified atom stereocenters. The fraction of sp³-hybridized carbons (Fsp3) is 0.357. The van der Waals surface area contributed by atoms with Crippen molar-refractivity contribution in [3.63, 3.8) is 0 Å². The number of amides is 1. The number of aromatic nitrogens is 3. The van der Waals surface area contributed by atoms with Crippen molar-refractivity contribution < 1.29 is 9.53 Å². The van der Waals surface area contributed by atoms with E-state index in [0.717, 1.165) is 24.2 Å². The maximum absolute atomic E-state index is 12.5. The van der Waals surface area contributed by atoms with Crippen LogP contribution < -0.4 is 10.5 Å². The lowest BCUT2D eigenvalue weighted by molar-refractivity contribution is 0.0723. The number of H-pyrrole nitrogens is 1. The van der Waals surface area contributed by atoms with Crippen molar-refractivity contribution >= 4 is 11.9 Å². The highest BCUT2D eigenvalue weighted by molar-refractivity contribution is 5.91. The summed E-state index contributed by atoms with van der Waals surface area (Å²) in [5.74, 6) is 0.904. The average molecular weight is 287 g/mol. The molecule has 21 heavy (non-hydrogen) atoms. The minimum atomic E-state index is -0.169. The second-order valence-corrected chi connectivity index (χ2v) is 4.97. The number of carbonyl (C=O) groups is 1. The lowest BCUT2D eigenvalue weighted by Crippen LogP contribution is -2.31. The van der Waals surface area contributed by atoms with Crippen LogP contribution >= 0.6 is 0 Å². The van der Waals surface area contributed by atoms with Gasteiger partial charge in [-0.3, -0.25) is 9.89 Å². The van der Waals surface area contributed by atoms with Crippen LogP contribution in [0.1, 0.15) is 35.1 Å². The van der Waals surface area contributed by atoms with Crippen LogP contribution in [0.4, 0.5) is 5.95 Å². The highest BCUT2D eigenvalue weighted by atomic mass is 16.5. The van der Waals surface area contributed by atoms with E-state index in [9.17, 15) is 4.79 Å². The summed E-state index contributed by atoms with van der Waals surface area (Å²) in [5, 5.41) is 6.28. The van der Waals surface area contributed by atoms with E-state index in [-0.39, 0.29) is 23.7 Å². The molecule has 3 N–H and O–H groups in total. The van der Waals surface area contributed by atoms with Crippen molar-refractivity contribution in [2.75, 3.05) is 19.4 Å². The molecule has 1 fully saturated rings. The molecule has 0 saturated carbocycles. The molecule has 1 aliphatic rings. The molecule has 1 saturated heterocycles. The number of ether oxygens (including phenoxy) is 1. The third-order valence-corrected chi connectivity index (χ3v) is 3.72. The van der Waals surface area contributed by atoms with Gasteiger partial charge in [0.25, 0.3) is 5.91 Å². The van der Waals surface area contributed by atoms with Crippen molar-refractivity contribution in [3.05, 3.63) is 35.7 Å². The number of hydrogen-bond donors (Lipinski definition) is 2. The van der Waals surface area contributed by atoms with Crippen LogP contribution in [0.5, 0.6) is 5.75 Å². The number of nitrogen functional groups attached to an aromatic ring is 1. The monoisotopic (exact) mass is 287 g/mol. The van der Waals surface area contributed by atoms with Crippen molar-refractivity contribution in [1.29, 1.82) is 0 Å². The Morgan fingerprint density at radius 1 is 1.43 bits per heavy atom. The number of methoxy groups -OCH3 is 1. The summed E-state index contributed by atoms with van der Waals surface area (Å²) in [6.45, 7) is 0.704. The lowest BCUT2D eigenvalue weighted by Gasteiger charge is -2.24. The molecule has 1 aliphatic heterocycles. The Hall–Kier alpha value is -2.57. The van der Waals surface area contributed by atoms with Gasteiger partial charge < -0.3 is 15.4 Å². The molecular formula is C14H17N5O2. The minimum Gasteiger partial charge on any atom is -0.497 e. The molecule has 1 atom stereocenters. The molecule has 7 nitrogen and oxygen atoms in total. The number of likely N-dealkylation sites (tertiary alicyclic amines) is 1. The molecule has 0 bridgehead atoms. The van der Waals surface area contributed by atoms with Gasteiger partial charge in [0.05, 0.1) is 13.2 Å². The van der Waals surface area contributed by atoms with Crippen LogP contribution in [0.3, 0.4) is 0 Å². The zero-order valence-electron chi connectivity index (χ0n) is 11.7. The van der Waals surface area contributed by atoms with E-state index in [1.54, 1.807) is 7.11 Å². The summed E-state index contributed by atoms with van der Waals surface area (Å²) in [4.78, 5) is 18.2. The maximum atomic E-state index is 12.5. The largest absolute Gasteiger partial charge is 0.497 e. The molecule has 110 valence electrons. The Kier molecular flexibility index (Phi) is 3.47. The first-order valence-electron chi connectivity index (χ1n) is 6.82. The van der Waals surface area contributed by atoms with E-state index in [0.29, 0.717) is 6.54 Å². The van der Waals surface area contributed by atoms with Crippen LogP contribution in [-0.4, -0.2) is 39.6 Å². The van der Waals surface area contributed by atoms with Gasteiger partial charge in [-0.2, -0.15) is 4.98 Å². The summed E-state index contributed by atoms with van der Waals surface area (Å²) in [5.41, 5.74) is 6.55. The van der Waals surface area contributed by atoms with Gasteiger partial charge in [-0.25, -0.2) is 0 Å². The molecule has 1 aromatic heterocycles. The van der Waals surface area contributed by atoms with Crippen molar-refractivity contribution in [2.45, 2.75) is 18.9 Å². The predicted octanol–water partition coefficient (Wildman–Crippen LogP) is 1.37. The molecule has 1 aromatic carbocycles. The van der Waals surface area contributed by atoms with Crippen LogP contribution in [-0.2, 0) is 0 Å². The summed E-state index contributed by atoms with van der Waals surface area (Å²) in [7, 11) is 1.63. The minimum absolute atomic E-state index is 0.0507. The Bertz CT molecular complexity index is 637. The van der Waals surface area contributed by atoms with E-state index in [1.165, 1.54) is 0 Å². The van der Waals surface area contributed by atoms with Crippen LogP contribution in [0.2, 0.25) is 0 Å². The van der Waals surface area contributed by atoms with E-state index < -0.39 is 0 Å². The highest BCUT2D eigenvalue weighted by Gasteiger charge is 2.32. The molecule has 2 heterocycles. The SMILES string of the molecule is COc1ccc(C2CCCN2C(=O)c2nc(N)n[nH]2)cc1. The Labute approximate surface area is 122 Å². The summed E-state index contributed by atoms with van der Waals surface area (Å²) in [6, 6.07) is 7.84. The van der Waals surface area contributed by atoms with Gasteiger partial charge in [-0.05, 0) is 30.5 Å². The Morgan fingerprint density at radius 3 is 2.81 bits per heavy atom. The summed E-state index contributed by atoms with van der Waals surface area (Å²) >= 11 is 0. The Morgan fingerprint density at radius 2 is 2.19 bits per heavy atom. The molecule has 7 heteroatoms. The summed E-state index contributed by atoms with van der Waals surface area (Å²) in [6.07, 6.45) is 1.90. The fourth-order valence-electron chi connectivity index (χ4n) is 2.69. The number of nitrogens with one attached hydrogen (secondary N) is 1. The molecule has 0 spiro atoms. The fourth-order valence-corrected chi connectivity index (χ4v) is 2.69. The number of nitrogens with zero attached hydrogens (tertiary/aromatic N) is 3. The zero-order chi connectivity index (χ0) is 14.8. The molecule has 2 aromatic rings. The number of nitrogens with two attached hydrogens (primary N) is 1. The number of aromatic amines is 1. The molecular weight excluding hydrogens is 270 g/mol. The van der Waals surface area contributed by atoms with E-state index in [4.69, 9.17) is 10.5 Å². The molecule has 1 amide bonds. The predicted molar refractivity (Wildman–Crippen MR) is 76.8 cm³/mol. The lowest BCUT2D eigenvalue weighted by atomic mass is 10.0. The second kappa shape index (κ2) is 5.43. The topological polar surface area (TPSA) is 97.1 Å². The maximum Gasteiger partial charge on any atom is 0.291 e. The normalized spacial score (nSPS) is 18.0. The zero-order valence-corrected chi connectivity index (χ0v) is 11.7. The van der Waals surface area contributed by atoms with Gasteiger partial charge in [0.2, 0.25) is 11.8 Å².